The third kappa shape index (κ3) is 7.99. The first-order chi connectivity index (χ1) is 22.4. The Morgan fingerprint density at radius 1 is 0.804 bits per heavy atom. The fourth-order valence-electron chi connectivity index (χ4n) is 6.02. The number of hydrogen-bond acceptors (Lipinski definition) is 10. The van der Waals surface area contributed by atoms with Gasteiger partial charge in [-0.3, -0.25) is 0 Å². The normalized spacial score (nSPS) is 26.8. The van der Waals surface area contributed by atoms with Crippen LogP contribution in [0.4, 0.5) is 0 Å². The number of allylic oxidation sites excluding steroid dienone is 2. The fraction of sp³-hybridized carbons (Fsp3) is 0.361. The first-order valence-corrected chi connectivity index (χ1v) is 15.5. The number of rotatable bonds is 6. The van der Waals surface area contributed by atoms with Gasteiger partial charge < -0.3 is 33.2 Å². The maximum atomic E-state index is 13.1. The second-order valence-electron chi connectivity index (χ2n) is 11.6. The van der Waals surface area contributed by atoms with E-state index >= 15 is 0 Å². The fourth-order valence-corrected chi connectivity index (χ4v) is 6.02. The Hall–Kier alpha value is -4.99. The van der Waals surface area contributed by atoms with E-state index < -0.39 is 30.1 Å². The lowest BCUT2D eigenvalue weighted by atomic mass is 9.89. The number of esters is 3. The summed E-state index contributed by atoms with van der Waals surface area (Å²) in [6, 6.07) is 10.8. The molecule has 240 valence electrons. The Morgan fingerprint density at radius 2 is 1.43 bits per heavy atom. The molecule has 4 aliphatic rings. The predicted octanol–water partition coefficient (Wildman–Crippen LogP) is 5.95. The number of fused-ring (bicyclic) bond motifs is 3. The highest BCUT2D eigenvalue weighted by molar-refractivity contribution is 5.88. The summed E-state index contributed by atoms with van der Waals surface area (Å²) in [4.78, 5) is 38.5. The molecule has 46 heavy (non-hydrogen) atoms. The van der Waals surface area contributed by atoms with Gasteiger partial charge in [-0.25, -0.2) is 14.4 Å². The molecule has 1 unspecified atom stereocenters. The maximum absolute atomic E-state index is 13.1. The van der Waals surface area contributed by atoms with Crippen molar-refractivity contribution in [1.29, 1.82) is 0 Å². The van der Waals surface area contributed by atoms with Crippen molar-refractivity contribution < 1.29 is 47.5 Å². The number of cyclic esters (lactones) is 1. The maximum Gasteiger partial charge on any atom is 0.331 e. The van der Waals surface area contributed by atoms with Gasteiger partial charge in [0.25, 0.3) is 0 Å². The van der Waals surface area contributed by atoms with Crippen molar-refractivity contribution in [2.75, 3.05) is 13.6 Å². The summed E-state index contributed by atoms with van der Waals surface area (Å²) in [6.45, 7) is 2.19. The van der Waals surface area contributed by atoms with E-state index in [1.807, 2.05) is 19.1 Å². The smallest absolute Gasteiger partial charge is 0.331 e. The number of carbonyl (C=O) groups excluding carboxylic acids is 3. The second-order valence-corrected chi connectivity index (χ2v) is 11.6. The van der Waals surface area contributed by atoms with E-state index in [0.717, 1.165) is 30.4 Å². The minimum atomic E-state index is -0.764. The van der Waals surface area contributed by atoms with Crippen LogP contribution in [0.15, 0.2) is 72.9 Å². The summed E-state index contributed by atoms with van der Waals surface area (Å²) < 4.78 is 38.8. The van der Waals surface area contributed by atoms with Crippen LogP contribution in [0.2, 0.25) is 0 Å². The van der Waals surface area contributed by atoms with E-state index in [9.17, 15) is 14.4 Å². The highest BCUT2D eigenvalue weighted by atomic mass is 16.7. The van der Waals surface area contributed by atoms with Crippen molar-refractivity contribution in [3.63, 3.8) is 0 Å². The third-order valence-corrected chi connectivity index (χ3v) is 8.30. The molecule has 0 saturated heterocycles. The number of carbonyl (C=O) groups is 3. The first-order valence-electron chi connectivity index (χ1n) is 15.5. The lowest BCUT2D eigenvalue weighted by molar-refractivity contribution is -0.146. The van der Waals surface area contributed by atoms with Crippen LogP contribution in [-0.4, -0.2) is 49.8 Å². The van der Waals surface area contributed by atoms with Gasteiger partial charge >= 0.3 is 17.9 Å². The zero-order valence-electron chi connectivity index (χ0n) is 25.5. The molecule has 3 heterocycles. The molecule has 2 aromatic carbocycles. The van der Waals surface area contributed by atoms with Crippen molar-refractivity contribution in [2.45, 2.75) is 57.3 Å². The van der Waals surface area contributed by atoms with Gasteiger partial charge in [0.2, 0.25) is 13.6 Å². The molecule has 1 fully saturated rings. The van der Waals surface area contributed by atoms with Crippen LogP contribution < -0.4 is 18.9 Å². The molecule has 0 aromatic heterocycles. The van der Waals surface area contributed by atoms with Crippen molar-refractivity contribution in [2.24, 2.45) is 11.8 Å². The van der Waals surface area contributed by atoms with Crippen LogP contribution in [0, 0.1) is 11.8 Å². The zero-order chi connectivity index (χ0) is 31.9. The van der Waals surface area contributed by atoms with E-state index in [0.29, 0.717) is 35.8 Å². The molecule has 6 rings (SSSR count). The minimum absolute atomic E-state index is 0.0508. The van der Waals surface area contributed by atoms with Gasteiger partial charge in [0.15, 0.2) is 23.0 Å². The predicted molar refractivity (Wildman–Crippen MR) is 167 cm³/mol. The topological polar surface area (TPSA) is 116 Å². The summed E-state index contributed by atoms with van der Waals surface area (Å²) in [7, 11) is 0. The lowest BCUT2D eigenvalue weighted by Crippen LogP contribution is -2.27. The molecule has 0 spiro atoms. The Balaban J connectivity index is 1.16. The van der Waals surface area contributed by atoms with E-state index in [1.165, 1.54) is 18.2 Å². The van der Waals surface area contributed by atoms with E-state index in [-0.39, 0.29) is 31.5 Å². The van der Waals surface area contributed by atoms with Crippen LogP contribution in [-0.2, 0) is 28.6 Å². The average molecular weight is 629 g/mol. The monoisotopic (exact) mass is 628 g/mol. The number of hydrogen-bond donors (Lipinski definition) is 0. The largest absolute Gasteiger partial charge is 0.460 e. The lowest BCUT2D eigenvalue weighted by Gasteiger charge is -2.24. The third-order valence-electron chi connectivity index (χ3n) is 8.30. The Morgan fingerprint density at radius 3 is 2.11 bits per heavy atom. The average Bonchev–Trinajstić information content (AvgIpc) is 3.80. The van der Waals surface area contributed by atoms with E-state index in [4.69, 9.17) is 33.2 Å². The number of ether oxygens (including phenoxy) is 7. The molecular weight excluding hydrogens is 592 g/mol. The van der Waals surface area contributed by atoms with Gasteiger partial charge in [-0.05, 0) is 98.6 Å². The van der Waals surface area contributed by atoms with Crippen molar-refractivity contribution in [3.05, 3.63) is 84.0 Å². The van der Waals surface area contributed by atoms with Crippen LogP contribution in [0.1, 0.15) is 50.2 Å². The molecule has 3 aliphatic heterocycles. The van der Waals surface area contributed by atoms with Gasteiger partial charge in [0.05, 0.1) is 6.10 Å². The van der Waals surface area contributed by atoms with Crippen molar-refractivity contribution >= 4 is 30.1 Å². The second kappa shape index (κ2) is 14.4. The van der Waals surface area contributed by atoms with Crippen LogP contribution in [0.3, 0.4) is 0 Å². The van der Waals surface area contributed by atoms with Crippen LogP contribution in [0.25, 0.3) is 12.2 Å². The van der Waals surface area contributed by atoms with Crippen LogP contribution in [0.5, 0.6) is 23.0 Å². The van der Waals surface area contributed by atoms with Gasteiger partial charge in [0.1, 0.15) is 12.2 Å². The Labute approximate surface area is 267 Å². The van der Waals surface area contributed by atoms with Gasteiger partial charge in [0, 0.05) is 24.1 Å². The summed E-state index contributed by atoms with van der Waals surface area (Å²) in [5, 5.41) is 0. The molecule has 0 bridgehead atoms. The molecule has 0 N–H and O–H groups in total. The van der Waals surface area contributed by atoms with Crippen LogP contribution >= 0.6 is 0 Å². The molecule has 1 saturated carbocycles. The van der Waals surface area contributed by atoms with Crippen molar-refractivity contribution in [1.82, 2.24) is 0 Å². The highest BCUT2D eigenvalue weighted by Gasteiger charge is 2.40. The van der Waals surface area contributed by atoms with Gasteiger partial charge in [-0.15, -0.1) is 0 Å². The summed E-state index contributed by atoms with van der Waals surface area (Å²) in [5.41, 5.74) is 1.52. The molecule has 0 radical (unpaired) electrons. The quantitative estimate of drug-likeness (QED) is 0.165. The summed E-state index contributed by atoms with van der Waals surface area (Å²) in [5.74, 6) is 0.702. The minimum Gasteiger partial charge on any atom is -0.460 e. The molecule has 2 aromatic rings. The standard InChI is InChI=1S/C36H36O10/c1-23-5-3-2-4-6-26-19-27(45-35(38)14-9-24-7-11-30-32(17-24)42-21-40-30)20-28(26)29(13-16-34(37)44-23)46-36(39)15-10-25-8-12-31-33(18-25)43-22-41-31/h4,6-18,23,26-29H,2-3,5,19-22H2,1H3/b6-4+,14-9+,15-10+,16-13+/t23-,26+,27-,28+,29?/m0/s1. The number of benzene rings is 2. The van der Waals surface area contributed by atoms with Gasteiger partial charge in [-0.1, -0.05) is 24.3 Å². The highest BCUT2D eigenvalue weighted by Crippen LogP contribution is 2.40. The summed E-state index contributed by atoms with van der Waals surface area (Å²) >= 11 is 0. The molecule has 10 nitrogen and oxygen atoms in total. The molecule has 0 amide bonds. The van der Waals surface area contributed by atoms with Crippen molar-refractivity contribution in [3.8, 4) is 23.0 Å². The first kappa shape index (κ1) is 31.0. The Kier molecular flexibility index (Phi) is 9.71. The van der Waals surface area contributed by atoms with Gasteiger partial charge in [-0.2, -0.15) is 0 Å². The summed E-state index contributed by atoms with van der Waals surface area (Å²) in [6.07, 6.45) is 15.1. The van der Waals surface area contributed by atoms with E-state index in [1.54, 1.807) is 42.5 Å². The SMILES string of the molecule is C[C@H]1CCC/C=C/[C@@H]2C[C@H](OC(=O)/C=C/c3ccc4c(c3)OCO4)C[C@H]2C(OC(=O)/C=C/c2ccc3c(c2)OCO3)/C=C/C(=O)O1. The molecule has 10 heteroatoms. The molecular formula is C36H36O10. The molecule has 5 atom stereocenters. The van der Waals surface area contributed by atoms with E-state index in [2.05, 4.69) is 12.2 Å². The molecule has 1 aliphatic carbocycles. The zero-order valence-corrected chi connectivity index (χ0v) is 25.5. The Bertz CT molecular complexity index is 1570.